The van der Waals surface area contributed by atoms with Crippen molar-refractivity contribution in [2.45, 2.75) is 33.0 Å². The molecule has 398 valence electrons. The molecule has 7 aromatic rings. The van der Waals surface area contributed by atoms with E-state index in [0.717, 1.165) is 30.3 Å². The molecule has 6 heterocycles. The number of nitrogens with two attached hydrogens (primary N) is 3. The van der Waals surface area contributed by atoms with Crippen LogP contribution in [0.5, 0.6) is 0 Å². The van der Waals surface area contributed by atoms with Crippen LogP contribution in [0.2, 0.25) is 0 Å². The Morgan fingerprint density at radius 3 is 1.68 bits per heavy atom. The van der Waals surface area contributed by atoms with Crippen LogP contribution in [-0.4, -0.2) is 178 Å². The average molecular weight is 1050 g/mol. The van der Waals surface area contributed by atoms with Gasteiger partial charge in [0.2, 0.25) is 23.7 Å². The van der Waals surface area contributed by atoms with Gasteiger partial charge in [-0.25, -0.2) is 33.3 Å². The number of benzene rings is 1. The van der Waals surface area contributed by atoms with Gasteiger partial charge in [0.1, 0.15) is 12.7 Å². The standard InChI is InChI=1S/C12H19N3O.C9H18N6.C7H7ClN6O2.C6H6N6O2.C6H10N6O/c1-9(2)15-12(16)11-6-4-10(5-7-11)8-14-13-3;1-13(2)7-10-8(14(3)4)12-9(11-7)15(5)6;8-1-2-14-7(16)13-3-10-4(5(9)15)6(13)11-12-14;1-11-6(14)12-2-8-3(4(7)13)5(12)9-10-11;1-12(2)11-10-6-4(5(7)13)8-3-9-6/h4-7,9,13-14H,8H2,1-3H3,(H,15,16);1-6H3;3H,1-2H2,(H2,9,15);2H,1H3,(H2,7,13);3H,1-2H3,(H2,7,13)(H,8,9). The number of hydrogen-bond acceptors (Lipinski definition) is 23. The summed E-state index contributed by atoms with van der Waals surface area (Å²) >= 11 is 5.49. The number of carbonyl (C=O) groups is 4. The summed E-state index contributed by atoms with van der Waals surface area (Å²) in [5.74, 6) is 0.292. The fourth-order valence-corrected chi connectivity index (χ4v) is 5.38. The molecule has 0 saturated heterocycles. The number of hydrogen-bond donors (Lipinski definition) is 7. The minimum absolute atomic E-state index is 0.0249. The van der Waals surface area contributed by atoms with Crippen molar-refractivity contribution >= 4 is 70.2 Å². The third-order valence-electron chi connectivity index (χ3n) is 8.77. The summed E-state index contributed by atoms with van der Waals surface area (Å²) in [6.07, 6.45) is 3.70. The number of imidazole rings is 3. The number of hydrazine groups is 1. The Kier molecular flexibility index (Phi) is 22.5. The quantitative estimate of drug-likeness (QED) is 0.0323. The van der Waals surface area contributed by atoms with Crippen LogP contribution in [0.25, 0.3) is 11.3 Å². The lowest BCUT2D eigenvalue weighted by molar-refractivity contribution is 0.0940. The molecule has 33 nitrogen and oxygen atoms in total. The lowest BCUT2D eigenvalue weighted by Crippen LogP contribution is -2.30. The van der Waals surface area contributed by atoms with E-state index in [9.17, 15) is 28.8 Å². The van der Waals surface area contributed by atoms with Gasteiger partial charge in [0.05, 0.1) is 12.9 Å². The van der Waals surface area contributed by atoms with Crippen LogP contribution in [0, 0.1) is 0 Å². The number of aromatic amines is 1. The molecule has 0 atom stereocenters. The molecule has 34 heteroatoms. The van der Waals surface area contributed by atoms with Crippen LogP contribution >= 0.6 is 11.6 Å². The van der Waals surface area contributed by atoms with E-state index in [4.69, 9.17) is 28.8 Å². The van der Waals surface area contributed by atoms with Crippen molar-refractivity contribution < 1.29 is 19.2 Å². The summed E-state index contributed by atoms with van der Waals surface area (Å²) in [4.78, 5) is 99.6. The summed E-state index contributed by atoms with van der Waals surface area (Å²) < 4.78 is 4.30. The van der Waals surface area contributed by atoms with E-state index >= 15 is 0 Å². The molecule has 10 N–H and O–H groups in total. The van der Waals surface area contributed by atoms with Gasteiger partial charge in [-0.2, -0.15) is 24.3 Å². The normalized spacial score (nSPS) is 10.5. The van der Waals surface area contributed by atoms with Crippen molar-refractivity contribution in [1.29, 1.82) is 0 Å². The molecule has 0 spiro atoms. The van der Waals surface area contributed by atoms with Gasteiger partial charge in [-0.1, -0.05) is 27.8 Å². The molecule has 0 aliphatic carbocycles. The maximum Gasteiger partial charge on any atom is 0.353 e. The second-order valence-corrected chi connectivity index (χ2v) is 16.3. The number of alkyl halides is 1. The Labute approximate surface area is 427 Å². The van der Waals surface area contributed by atoms with Crippen molar-refractivity contribution in [2.24, 2.45) is 34.6 Å². The number of halogens is 1. The highest BCUT2D eigenvalue weighted by Gasteiger charge is 2.16. The van der Waals surface area contributed by atoms with Gasteiger partial charge in [0.25, 0.3) is 23.6 Å². The summed E-state index contributed by atoms with van der Waals surface area (Å²) in [6, 6.07) is 7.73. The zero-order chi connectivity index (χ0) is 55.4. The van der Waals surface area contributed by atoms with E-state index in [0.29, 0.717) is 23.4 Å². The van der Waals surface area contributed by atoms with E-state index < -0.39 is 29.1 Å². The molecule has 1 aromatic carbocycles. The number of anilines is 3. The van der Waals surface area contributed by atoms with Crippen LogP contribution in [0.4, 0.5) is 23.7 Å². The number of rotatable bonds is 15. The van der Waals surface area contributed by atoms with Gasteiger partial charge in [-0.05, 0) is 38.6 Å². The minimum Gasteiger partial charge on any atom is -0.364 e. The fraction of sp³-hybridized carbons (Fsp3) is 0.400. The molecule has 0 aliphatic heterocycles. The van der Waals surface area contributed by atoms with Gasteiger partial charge in [-0.3, -0.25) is 35.0 Å². The molecule has 0 radical (unpaired) electrons. The highest BCUT2D eigenvalue weighted by molar-refractivity contribution is 6.17. The van der Waals surface area contributed by atoms with Crippen LogP contribution in [0.15, 0.2) is 63.2 Å². The minimum atomic E-state index is -0.758. The van der Waals surface area contributed by atoms with Crippen LogP contribution in [-0.2, 0) is 20.1 Å². The van der Waals surface area contributed by atoms with Crippen molar-refractivity contribution in [3.05, 3.63) is 92.4 Å². The van der Waals surface area contributed by atoms with Gasteiger partial charge in [0.15, 0.2) is 28.4 Å². The molecule has 0 unspecified atom stereocenters. The first kappa shape index (κ1) is 59.2. The predicted molar refractivity (Wildman–Crippen MR) is 272 cm³/mol. The largest absolute Gasteiger partial charge is 0.364 e. The van der Waals surface area contributed by atoms with E-state index in [1.54, 1.807) is 14.1 Å². The zero-order valence-electron chi connectivity index (χ0n) is 42.7. The Morgan fingerprint density at radius 2 is 1.24 bits per heavy atom. The number of aryl methyl sites for hydroxylation is 2. The van der Waals surface area contributed by atoms with Gasteiger partial charge in [0, 0.05) is 87.5 Å². The Bertz CT molecular complexity index is 3060. The first-order chi connectivity index (χ1) is 34.9. The highest BCUT2D eigenvalue weighted by atomic mass is 35.5. The number of carbonyl (C=O) groups excluding carboxylic acids is 4. The van der Waals surface area contributed by atoms with E-state index in [1.807, 2.05) is 102 Å². The number of primary amides is 3. The van der Waals surface area contributed by atoms with E-state index in [-0.39, 0.29) is 58.6 Å². The summed E-state index contributed by atoms with van der Waals surface area (Å²) in [7, 11) is 18.1. The number of amides is 4. The smallest absolute Gasteiger partial charge is 0.353 e. The van der Waals surface area contributed by atoms with Crippen molar-refractivity contribution in [2.75, 3.05) is 84.0 Å². The molecule has 0 fully saturated rings. The molecular weight excluding hydrogens is 990 g/mol. The van der Waals surface area contributed by atoms with Crippen LogP contribution < -0.4 is 59.4 Å². The summed E-state index contributed by atoms with van der Waals surface area (Å²) in [6.45, 7) is 4.86. The molecule has 7 rings (SSSR count). The molecule has 6 aromatic heterocycles. The first-order valence-electron chi connectivity index (χ1n) is 21.6. The van der Waals surface area contributed by atoms with Crippen molar-refractivity contribution in [1.82, 2.24) is 94.9 Å². The number of nitrogens with zero attached hydrogens (tertiary/aromatic N) is 20. The number of H-pyrrole nitrogens is 1. The van der Waals surface area contributed by atoms with Crippen LogP contribution in [0.3, 0.4) is 0 Å². The van der Waals surface area contributed by atoms with E-state index in [2.05, 4.69) is 82.0 Å². The van der Waals surface area contributed by atoms with Gasteiger partial charge in [-0.15, -0.1) is 26.9 Å². The molecule has 0 saturated carbocycles. The molecule has 0 bridgehead atoms. The van der Waals surface area contributed by atoms with Gasteiger partial charge >= 0.3 is 11.4 Å². The third-order valence-corrected chi connectivity index (χ3v) is 8.94. The highest BCUT2D eigenvalue weighted by Crippen LogP contribution is 2.15. The maximum atomic E-state index is 11.7. The van der Waals surface area contributed by atoms with E-state index in [1.165, 1.54) is 31.0 Å². The van der Waals surface area contributed by atoms with Crippen LogP contribution in [0.1, 0.15) is 61.2 Å². The lowest BCUT2D eigenvalue weighted by atomic mass is 10.1. The Balaban J connectivity index is 0.000000244. The van der Waals surface area contributed by atoms with Crippen molar-refractivity contribution in [3.8, 4) is 0 Å². The SMILES string of the molecule is CN(C)N=Nc1nc[nH]c1C(N)=O.CN(C)c1nc(N(C)C)nc(N(C)C)n1.CNNCc1ccc(C(=O)NC(C)C)cc1.Cn1nnc2c(C(N)=O)ncn2c1=O.NC(=O)c1ncn2c(=O)n(CCCl)nnc12. The zero-order valence-corrected chi connectivity index (χ0v) is 43.5. The molecule has 74 heavy (non-hydrogen) atoms. The topological polar surface area (TPSA) is 418 Å². The summed E-state index contributed by atoms with van der Waals surface area (Å²) in [5, 5.41) is 26.2. The summed E-state index contributed by atoms with van der Waals surface area (Å²) in [5.41, 5.74) is 22.0. The monoisotopic (exact) mass is 1050 g/mol. The maximum absolute atomic E-state index is 11.7. The lowest BCUT2D eigenvalue weighted by Gasteiger charge is -2.18. The Hall–Kier alpha value is -9.11. The second-order valence-electron chi connectivity index (χ2n) is 15.9. The molecular formula is C40H60ClN27O6. The molecule has 4 amide bonds. The second kappa shape index (κ2) is 28.1. The number of nitrogens with one attached hydrogen (secondary N) is 4. The number of fused-ring (bicyclic) bond motifs is 2. The predicted octanol–water partition coefficient (Wildman–Crippen LogP) is -2.27. The fourth-order valence-electron chi connectivity index (χ4n) is 5.21. The number of aromatic nitrogens is 15. The third kappa shape index (κ3) is 17.0. The Morgan fingerprint density at radius 1 is 0.743 bits per heavy atom. The first-order valence-corrected chi connectivity index (χ1v) is 22.2. The van der Waals surface area contributed by atoms with Crippen molar-refractivity contribution in [3.63, 3.8) is 0 Å². The van der Waals surface area contributed by atoms with Gasteiger partial charge < -0.3 is 42.2 Å². The molecule has 0 aliphatic rings. The average Bonchev–Trinajstić information content (AvgIpc) is 4.13.